The van der Waals surface area contributed by atoms with Crippen LogP contribution in [-0.2, 0) is 4.79 Å². The van der Waals surface area contributed by atoms with Gasteiger partial charge in [0.15, 0.2) is 6.10 Å². The molecule has 1 rings (SSSR count). The molecule has 4 heteroatoms. The van der Waals surface area contributed by atoms with E-state index in [-0.39, 0.29) is 0 Å². The van der Waals surface area contributed by atoms with Gasteiger partial charge in [0.25, 0.3) is 0 Å². The smallest absolute Gasteiger partial charge is 0.344 e. The van der Waals surface area contributed by atoms with Crippen molar-refractivity contribution in [3.8, 4) is 5.75 Å². The highest BCUT2D eigenvalue weighted by Gasteiger charge is 2.17. The van der Waals surface area contributed by atoms with Gasteiger partial charge in [0.05, 0.1) is 5.02 Å². The van der Waals surface area contributed by atoms with Gasteiger partial charge >= 0.3 is 5.97 Å². The van der Waals surface area contributed by atoms with Crippen LogP contribution in [0.4, 0.5) is 0 Å². The van der Waals surface area contributed by atoms with Crippen molar-refractivity contribution in [1.82, 2.24) is 0 Å². The van der Waals surface area contributed by atoms with Crippen LogP contribution < -0.4 is 4.74 Å². The summed E-state index contributed by atoms with van der Waals surface area (Å²) in [5.41, 5.74) is 1.01. The number of ether oxygens (including phenoxy) is 1. The average molecular weight is 229 g/mol. The molecule has 0 aliphatic carbocycles. The molecule has 1 atom stereocenters. The van der Waals surface area contributed by atoms with Crippen molar-refractivity contribution < 1.29 is 14.6 Å². The Morgan fingerprint density at radius 1 is 1.60 bits per heavy atom. The predicted octanol–water partition coefficient (Wildman–Crippen LogP) is 2.89. The lowest BCUT2D eigenvalue weighted by molar-refractivity contribution is -0.145. The first-order chi connectivity index (χ1) is 7.04. The van der Waals surface area contributed by atoms with Crippen molar-refractivity contribution in [2.24, 2.45) is 0 Å². The number of carboxylic acid groups (broad SMARTS) is 1. The summed E-state index contributed by atoms with van der Waals surface area (Å²) < 4.78 is 5.28. The number of hydrogen-bond acceptors (Lipinski definition) is 2. The van der Waals surface area contributed by atoms with E-state index < -0.39 is 12.1 Å². The van der Waals surface area contributed by atoms with Crippen molar-refractivity contribution in [1.29, 1.82) is 0 Å². The number of aliphatic carboxylic acids is 1. The van der Waals surface area contributed by atoms with Gasteiger partial charge in [0, 0.05) is 0 Å². The number of carbonyl (C=O) groups is 1. The lowest BCUT2D eigenvalue weighted by Gasteiger charge is -2.14. The Morgan fingerprint density at radius 3 is 2.73 bits per heavy atom. The molecule has 0 aliphatic heterocycles. The van der Waals surface area contributed by atoms with E-state index in [0.29, 0.717) is 17.2 Å². The Morgan fingerprint density at radius 2 is 2.27 bits per heavy atom. The largest absolute Gasteiger partial charge is 0.479 e. The van der Waals surface area contributed by atoms with Gasteiger partial charge in [-0.15, -0.1) is 0 Å². The molecular formula is C11H13ClO3. The number of hydrogen-bond donors (Lipinski definition) is 1. The molecule has 0 aliphatic rings. The van der Waals surface area contributed by atoms with E-state index in [0.717, 1.165) is 5.56 Å². The summed E-state index contributed by atoms with van der Waals surface area (Å²) >= 11 is 5.92. The summed E-state index contributed by atoms with van der Waals surface area (Å²) in [4.78, 5) is 10.7. The Hall–Kier alpha value is -1.22. The lowest BCUT2D eigenvalue weighted by atomic mass is 10.2. The maximum absolute atomic E-state index is 10.7. The minimum Gasteiger partial charge on any atom is -0.479 e. The van der Waals surface area contributed by atoms with E-state index in [1.165, 1.54) is 0 Å². The van der Waals surface area contributed by atoms with Crippen LogP contribution in [0.25, 0.3) is 0 Å². The molecule has 0 saturated carbocycles. The third-order valence-electron chi connectivity index (χ3n) is 2.00. The molecule has 0 aromatic heterocycles. The van der Waals surface area contributed by atoms with Crippen LogP contribution in [0, 0.1) is 6.92 Å². The molecule has 0 fully saturated rings. The van der Waals surface area contributed by atoms with Crippen molar-refractivity contribution in [3.05, 3.63) is 28.8 Å². The van der Waals surface area contributed by atoms with Crippen LogP contribution in [0.2, 0.25) is 5.02 Å². The van der Waals surface area contributed by atoms with Crippen LogP contribution in [0.1, 0.15) is 18.9 Å². The number of benzene rings is 1. The fourth-order valence-corrected chi connectivity index (χ4v) is 1.44. The van der Waals surface area contributed by atoms with E-state index in [4.69, 9.17) is 21.4 Å². The van der Waals surface area contributed by atoms with E-state index in [1.807, 2.05) is 13.0 Å². The molecule has 0 amide bonds. The summed E-state index contributed by atoms with van der Waals surface area (Å²) in [5, 5.41) is 9.25. The topological polar surface area (TPSA) is 46.5 Å². The summed E-state index contributed by atoms with van der Waals surface area (Å²) in [7, 11) is 0. The molecule has 1 aromatic carbocycles. The van der Waals surface area contributed by atoms with Crippen LogP contribution >= 0.6 is 11.6 Å². The molecule has 82 valence electrons. The van der Waals surface area contributed by atoms with Gasteiger partial charge in [-0.1, -0.05) is 24.6 Å². The highest BCUT2D eigenvalue weighted by atomic mass is 35.5. The molecule has 3 nitrogen and oxygen atoms in total. The Kier molecular flexibility index (Phi) is 3.97. The quantitative estimate of drug-likeness (QED) is 0.862. The van der Waals surface area contributed by atoms with Gasteiger partial charge in [-0.05, 0) is 31.0 Å². The molecule has 1 aromatic rings. The third kappa shape index (κ3) is 3.13. The van der Waals surface area contributed by atoms with E-state index in [2.05, 4.69) is 0 Å². The predicted molar refractivity (Wildman–Crippen MR) is 58.5 cm³/mol. The molecule has 0 heterocycles. The fourth-order valence-electron chi connectivity index (χ4n) is 1.16. The zero-order chi connectivity index (χ0) is 11.4. The molecule has 0 spiro atoms. The van der Waals surface area contributed by atoms with Crippen molar-refractivity contribution >= 4 is 17.6 Å². The standard InChI is InChI=1S/C11H13ClO3/c1-3-9(11(13)14)15-10-5-4-7(2)6-8(10)12/h4-6,9H,3H2,1-2H3,(H,13,14). The van der Waals surface area contributed by atoms with Crippen molar-refractivity contribution in [3.63, 3.8) is 0 Å². The normalized spacial score (nSPS) is 12.2. The van der Waals surface area contributed by atoms with E-state index >= 15 is 0 Å². The Balaban J connectivity index is 2.84. The van der Waals surface area contributed by atoms with Gasteiger partial charge in [-0.2, -0.15) is 0 Å². The van der Waals surface area contributed by atoms with Crippen LogP contribution in [-0.4, -0.2) is 17.2 Å². The maximum atomic E-state index is 10.7. The average Bonchev–Trinajstić information content (AvgIpc) is 2.16. The molecule has 1 N–H and O–H groups in total. The minimum absolute atomic E-state index is 0.402. The van der Waals surface area contributed by atoms with Gasteiger partial charge < -0.3 is 9.84 Å². The zero-order valence-corrected chi connectivity index (χ0v) is 9.41. The first-order valence-corrected chi connectivity index (χ1v) is 5.08. The summed E-state index contributed by atoms with van der Waals surface area (Å²) in [6, 6.07) is 5.25. The zero-order valence-electron chi connectivity index (χ0n) is 8.66. The Bertz CT molecular complexity index is 363. The molecule has 1 unspecified atom stereocenters. The van der Waals surface area contributed by atoms with E-state index in [1.54, 1.807) is 19.1 Å². The number of rotatable bonds is 4. The first kappa shape index (κ1) is 11.9. The summed E-state index contributed by atoms with van der Waals surface area (Å²) in [6.07, 6.45) is -0.440. The van der Waals surface area contributed by atoms with E-state index in [9.17, 15) is 4.79 Å². The van der Waals surface area contributed by atoms with Crippen molar-refractivity contribution in [2.75, 3.05) is 0 Å². The van der Waals surface area contributed by atoms with Gasteiger partial charge in [0.2, 0.25) is 0 Å². The highest BCUT2D eigenvalue weighted by molar-refractivity contribution is 6.32. The first-order valence-electron chi connectivity index (χ1n) is 4.70. The molecule has 0 saturated heterocycles. The van der Waals surface area contributed by atoms with Crippen molar-refractivity contribution in [2.45, 2.75) is 26.4 Å². The fraction of sp³-hybridized carbons (Fsp3) is 0.364. The van der Waals surface area contributed by atoms with Gasteiger partial charge in [-0.25, -0.2) is 4.79 Å². The third-order valence-corrected chi connectivity index (χ3v) is 2.30. The number of carboxylic acids is 1. The highest BCUT2D eigenvalue weighted by Crippen LogP contribution is 2.26. The second kappa shape index (κ2) is 5.03. The minimum atomic E-state index is -0.978. The lowest BCUT2D eigenvalue weighted by Crippen LogP contribution is -2.26. The summed E-state index contributed by atoms with van der Waals surface area (Å²) in [5.74, 6) is -0.564. The summed E-state index contributed by atoms with van der Waals surface area (Å²) in [6.45, 7) is 3.66. The number of aryl methyl sites for hydroxylation is 1. The van der Waals surface area contributed by atoms with Gasteiger partial charge in [-0.3, -0.25) is 0 Å². The Labute approximate surface area is 93.6 Å². The van der Waals surface area contributed by atoms with Crippen LogP contribution in [0.5, 0.6) is 5.75 Å². The molecule has 15 heavy (non-hydrogen) atoms. The molecular weight excluding hydrogens is 216 g/mol. The maximum Gasteiger partial charge on any atom is 0.344 e. The monoisotopic (exact) mass is 228 g/mol. The van der Waals surface area contributed by atoms with Crippen LogP contribution in [0.15, 0.2) is 18.2 Å². The second-order valence-electron chi connectivity index (χ2n) is 3.29. The van der Waals surface area contributed by atoms with Gasteiger partial charge in [0.1, 0.15) is 5.75 Å². The van der Waals surface area contributed by atoms with Crippen LogP contribution in [0.3, 0.4) is 0 Å². The SMILES string of the molecule is CCC(Oc1ccc(C)cc1Cl)C(=O)O. The number of halogens is 1. The molecule has 0 radical (unpaired) electrons. The second-order valence-corrected chi connectivity index (χ2v) is 3.69. The molecule has 0 bridgehead atoms.